The lowest BCUT2D eigenvalue weighted by Crippen LogP contribution is -2.37. The van der Waals surface area contributed by atoms with Gasteiger partial charge in [0.2, 0.25) is 0 Å². The Hall–Kier alpha value is -2.57. The molecule has 2 aromatic heterocycles. The Balaban J connectivity index is 1.72. The number of anilines is 1. The van der Waals surface area contributed by atoms with E-state index in [1.54, 1.807) is 31.6 Å². The van der Waals surface area contributed by atoms with Gasteiger partial charge in [0.15, 0.2) is 0 Å². The van der Waals surface area contributed by atoms with Gasteiger partial charge in [-0.2, -0.15) is 0 Å². The van der Waals surface area contributed by atoms with E-state index in [4.69, 9.17) is 5.73 Å². The minimum Gasteiger partial charge on any atom is -0.364 e. The summed E-state index contributed by atoms with van der Waals surface area (Å²) < 4.78 is 0. The van der Waals surface area contributed by atoms with Gasteiger partial charge in [-0.05, 0) is 38.2 Å². The summed E-state index contributed by atoms with van der Waals surface area (Å²) in [7, 11) is 0. The molecule has 0 aromatic carbocycles. The number of carbonyl (C=O) groups is 1. The van der Waals surface area contributed by atoms with E-state index in [-0.39, 0.29) is 5.69 Å². The van der Waals surface area contributed by atoms with Gasteiger partial charge in [0.25, 0.3) is 5.91 Å². The molecule has 0 spiro atoms. The van der Waals surface area contributed by atoms with Crippen molar-refractivity contribution in [3.05, 3.63) is 41.9 Å². The second-order valence-electron chi connectivity index (χ2n) is 5.88. The molecule has 120 valence electrons. The van der Waals surface area contributed by atoms with Crippen molar-refractivity contribution >= 4 is 11.7 Å². The quantitative estimate of drug-likeness (QED) is 0.909. The molecule has 1 aliphatic rings. The molecule has 0 bridgehead atoms. The number of hydrogen-bond donors (Lipinski definition) is 1. The van der Waals surface area contributed by atoms with E-state index in [1.165, 1.54) is 0 Å². The Morgan fingerprint density at radius 2 is 2.26 bits per heavy atom. The van der Waals surface area contributed by atoms with Crippen LogP contribution < -0.4 is 10.6 Å². The topological polar surface area (TPSA) is 97.9 Å². The van der Waals surface area contributed by atoms with E-state index in [9.17, 15) is 4.79 Å². The predicted molar refractivity (Wildman–Crippen MR) is 86.0 cm³/mol. The van der Waals surface area contributed by atoms with Gasteiger partial charge in [-0.15, -0.1) is 0 Å². The number of aromatic nitrogens is 4. The fourth-order valence-corrected chi connectivity index (χ4v) is 3.05. The maximum atomic E-state index is 11.3. The second-order valence-corrected chi connectivity index (χ2v) is 5.88. The average molecular weight is 312 g/mol. The van der Waals surface area contributed by atoms with Gasteiger partial charge in [0, 0.05) is 31.2 Å². The zero-order valence-electron chi connectivity index (χ0n) is 13.1. The van der Waals surface area contributed by atoms with Crippen molar-refractivity contribution in [3.8, 4) is 0 Å². The van der Waals surface area contributed by atoms with Crippen LogP contribution in [0.2, 0.25) is 0 Å². The van der Waals surface area contributed by atoms with Crippen LogP contribution in [0.1, 0.15) is 34.8 Å². The van der Waals surface area contributed by atoms with Gasteiger partial charge in [0.1, 0.15) is 17.3 Å². The highest BCUT2D eigenvalue weighted by Crippen LogP contribution is 2.23. The minimum atomic E-state index is -0.512. The van der Waals surface area contributed by atoms with E-state index in [2.05, 4.69) is 24.8 Å². The Morgan fingerprint density at radius 3 is 3.00 bits per heavy atom. The van der Waals surface area contributed by atoms with E-state index >= 15 is 0 Å². The molecule has 1 atom stereocenters. The van der Waals surface area contributed by atoms with Crippen molar-refractivity contribution in [2.75, 3.05) is 18.0 Å². The highest BCUT2D eigenvalue weighted by Gasteiger charge is 2.22. The van der Waals surface area contributed by atoms with Gasteiger partial charge >= 0.3 is 0 Å². The number of piperidine rings is 1. The van der Waals surface area contributed by atoms with Gasteiger partial charge in [-0.1, -0.05) is 0 Å². The third-order valence-corrected chi connectivity index (χ3v) is 4.03. The van der Waals surface area contributed by atoms with Crippen molar-refractivity contribution in [2.45, 2.75) is 26.2 Å². The molecule has 0 radical (unpaired) electrons. The lowest BCUT2D eigenvalue weighted by molar-refractivity contribution is 0.0995. The molecule has 0 saturated carbocycles. The standard InChI is InChI=1S/C16H20N6O/c1-11-20-13(8-14(21-11)16(17)23)7-12-3-2-6-22(10-12)15-9-18-4-5-19-15/h4-5,8-9,12H,2-3,6-7,10H2,1H3,(H2,17,23)/t12-/m1/s1. The first-order valence-electron chi connectivity index (χ1n) is 7.77. The third kappa shape index (κ3) is 3.80. The van der Waals surface area contributed by atoms with E-state index in [1.807, 2.05) is 0 Å². The summed E-state index contributed by atoms with van der Waals surface area (Å²) in [6, 6.07) is 1.70. The molecule has 7 nitrogen and oxygen atoms in total. The summed E-state index contributed by atoms with van der Waals surface area (Å²) in [6.07, 6.45) is 8.23. The van der Waals surface area contributed by atoms with Crippen molar-refractivity contribution < 1.29 is 4.79 Å². The Morgan fingerprint density at radius 1 is 1.39 bits per heavy atom. The molecule has 7 heteroatoms. The van der Waals surface area contributed by atoms with Crippen molar-refractivity contribution in [2.24, 2.45) is 11.7 Å². The number of primary amides is 1. The van der Waals surface area contributed by atoms with Crippen LogP contribution in [0.25, 0.3) is 0 Å². The van der Waals surface area contributed by atoms with E-state index in [0.29, 0.717) is 11.7 Å². The summed E-state index contributed by atoms with van der Waals surface area (Å²) in [5, 5.41) is 0. The van der Waals surface area contributed by atoms with Gasteiger partial charge < -0.3 is 10.6 Å². The minimum absolute atomic E-state index is 0.286. The summed E-state index contributed by atoms with van der Waals surface area (Å²) in [5.41, 5.74) is 6.49. The monoisotopic (exact) mass is 312 g/mol. The van der Waals surface area contributed by atoms with E-state index < -0.39 is 5.91 Å². The first-order chi connectivity index (χ1) is 11.1. The number of nitrogens with zero attached hydrogens (tertiary/aromatic N) is 5. The van der Waals surface area contributed by atoms with Crippen LogP contribution in [0.4, 0.5) is 5.82 Å². The van der Waals surface area contributed by atoms with Crippen LogP contribution in [-0.2, 0) is 6.42 Å². The maximum Gasteiger partial charge on any atom is 0.267 e. The number of aryl methyl sites for hydroxylation is 1. The van der Waals surface area contributed by atoms with E-state index in [0.717, 1.165) is 43.9 Å². The largest absolute Gasteiger partial charge is 0.364 e. The molecular weight excluding hydrogens is 292 g/mol. The number of amides is 1. The van der Waals surface area contributed by atoms with Gasteiger partial charge in [-0.25, -0.2) is 15.0 Å². The van der Waals surface area contributed by atoms with Crippen LogP contribution in [0.3, 0.4) is 0 Å². The molecule has 2 aromatic rings. The first kappa shape index (κ1) is 15.3. The van der Waals surface area contributed by atoms with Crippen LogP contribution in [-0.4, -0.2) is 38.9 Å². The smallest absolute Gasteiger partial charge is 0.267 e. The van der Waals surface area contributed by atoms with Crippen LogP contribution in [0.5, 0.6) is 0 Å². The summed E-state index contributed by atoms with van der Waals surface area (Å²) in [6.45, 7) is 3.68. The van der Waals surface area contributed by atoms with Crippen molar-refractivity contribution in [1.29, 1.82) is 0 Å². The average Bonchev–Trinajstić information content (AvgIpc) is 2.55. The van der Waals surface area contributed by atoms with Gasteiger partial charge in [-0.3, -0.25) is 9.78 Å². The number of hydrogen-bond acceptors (Lipinski definition) is 6. The zero-order valence-corrected chi connectivity index (χ0v) is 13.1. The lowest BCUT2D eigenvalue weighted by Gasteiger charge is -2.33. The molecule has 3 rings (SSSR count). The Bertz CT molecular complexity index is 690. The molecule has 1 aliphatic heterocycles. The molecule has 1 saturated heterocycles. The van der Waals surface area contributed by atoms with Crippen LogP contribution >= 0.6 is 0 Å². The predicted octanol–water partition coefficient (Wildman–Crippen LogP) is 1.13. The molecule has 1 fully saturated rings. The summed E-state index contributed by atoms with van der Waals surface area (Å²) >= 11 is 0. The molecular formula is C16H20N6O. The first-order valence-corrected chi connectivity index (χ1v) is 7.77. The van der Waals surface area contributed by atoms with Crippen molar-refractivity contribution in [3.63, 3.8) is 0 Å². The fraction of sp³-hybridized carbons (Fsp3) is 0.438. The lowest BCUT2D eigenvalue weighted by atomic mass is 9.93. The Kier molecular flexibility index (Phi) is 4.45. The third-order valence-electron chi connectivity index (χ3n) is 4.03. The molecule has 23 heavy (non-hydrogen) atoms. The normalized spacial score (nSPS) is 18.0. The number of carbonyl (C=O) groups excluding carboxylic acids is 1. The molecule has 3 heterocycles. The maximum absolute atomic E-state index is 11.3. The number of rotatable bonds is 4. The molecule has 1 amide bonds. The summed E-state index contributed by atoms with van der Waals surface area (Å²) in [5.74, 6) is 1.44. The highest BCUT2D eigenvalue weighted by atomic mass is 16.1. The molecule has 0 unspecified atom stereocenters. The zero-order chi connectivity index (χ0) is 16.2. The van der Waals surface area contributed by atoms with Crippen LogP contribution in [0, 0.1) is 12.8 Å². The number of nitrogens with two attached hydrogens (primary N) is 1. The summed E-state index contributed by atoms with van der Waals surface area (Å²) in [4.78, 5) is 30.6. The highest BCUT2D eigenvalue weighted by molar-refractivity contribution is 5.90. The molecule has 0 aliphatic carbocycles. The molecule has 2 N–H and O–H groups in total. The fourth-order valence-electron chi connectivity index (χ4n) is 3.05. The Labute approximate surface area is 135 Å². The SMILES string of the molecule is Cc1nc(C[C@H]2CCCN(c3cnccn3)C2)cc(C(N)=O)n1. The van der Waals surface area contributed by atoms with Crippen molar-refractivity contribution in [1.82, 2.24) is 19.9 Å². The van der Waals surface area contributed by atoms with Gasteiger partial charge in [0.05, 0.1) is 6.20 Å². The van der Waals surface area contributed by atoms with Crippen LogP contribution in [0.15, 0.2) is 24.7 Å². The second kappa shape index (κ2) is 6.68.